The van der Waals surface area contributed by atoms with Gasteiger partial charge in [-0.05, 0) is 36.9 Å². The zero-order valence-electron chi connectivity index (χ0n) is 10.3. The molecule has 1 atom stereocenters. The van der Waals surface area contributed by atoms with Gasteiger partial charge in [0, 0.05) is 0 Å². The lowest BCUT2D eigenvalue weighted by Crippen LogP contribution is -2.32. The van der Waals surface area contributed by atoms with E-state index in [0.717, 1.165) is 18.2 Å². The maximum atomic E-state index is 12.6. The van der Waals surface area contributed by atoms with E-state index in [-0.39, 0.29) is 12.6 Å². The summed E-state index contributed by atoms with van der Waals surface area (Å²) in [6, 6.07) is 2.54. The van der Waals surface area contributed by atoms with Crippen molar-refractivity contribution < 1.29 is 17.9 Å². The summed E-state index contributed by atoms with van der Waals surface area (Å²) in [5.41, 5.74) is 0.381. The Labute approximate surface area is 109 Å². The third-order valence-corrected chi connectivity index (χ3v) is 3.55. The quantitative estimate of drug-likeness (QED) is 0.918. The Bertz CT molecular complexity index is 471. The molecule has 19 heavy (non-hydrogen) atoms. The summed E-state index contributed by atoms with van der Waals surface area (Å²) >= 11 is 0. The van der Waals surface area contributed by atoms with Crippen molar-refractivity contribution in [1.29, 1.82) is 0 Å². The minimum Gasteiger partial charge on any atom is -0.373 e. The Balaban J connectivity index is 1.79. The smallest absolute Gasteiger partial charge is 0.373 e. The number of ether oxygens (including phenoxy) is 1. The molecule has 0 aromatic carbocycles. The zero-order chi connectivity index (χ0) is 13.5. The first-order chi connectivity index (χ1) is 9.04. The standard InChI is InChI=1S/C13H15F3N2O/c14-13(15,16)12-4-3-9-10(17-5-8-1-2-8)6-19-7-11(9)18-12/h3-4,8,10,17H,1-2,5-7H2. The predicted octanol–water partition coefficient (Wildman–Crippen LogP) is 2.67. The van der Waals surface area contributed by atoms with Crippen LogP contribution in [0, 0.1) is 5.92 Å². The summed E-state index contributed by atoms with van der Waals surface area (Å²) < 4.78 is 43.1. The molecule has 1 saturated carbocycles. The molecule has 1 fully saturated rings. The van der Waals surface area contributed by atoms with Gasteiger partial charge >= 0.3 is 6.18 Å². The van der Waals surface area contributed by atoms with Crippen molar-refractivity contribution in [3.05, 3.63) is 29.1 Å². The van der Waals surface area contributed by atoms with E-state index < -0.39 is 11.9 Å². The maximum absolute atomic E-state index is 12.6. The fourth-order valence-corrected chi connectivity index (χ4v) is 2.27. The van der Waals surface area contributed by atoms with Crippen molar-refractivity contribution in [2.24, 2.45) is 5.92 Å². The average Bonchev–Trinajstić information content (AvgIpc) is 3.18. The van der Waals surface area contributed by atoms with Crippen LogP contribution in [0.3, 0.4) is 0 Å². The number of pyridine rings is 1. The van der Waals surface area contributed by atoms with Crippen molar-refractivity contribution in [2.75, 3.05) is 13.2 Å². The predicted molar refractivity (Wildman–Crippen MR) is 62.4 cm³/mol. The Morgan fingerprint density at radius 1 is 1.32 bits per heavy atom. The van der Waals surface area contributed by atoms with E-state index in [1.54, 1.807) is 0 Å². The van der Waals surface area contributed by atoms with Crippen molar-refractivity contribution in [3.63, 3.8) is 0 Å². The van der Waals surface area contributed by atoms with Gasteiger partial charge < -0.3 is 10.1 Å². The molecule has 2 heterocycles. The number of alkyl halides is 3. The second-order valence-corrected chi connectivity index (χ2v) is 5.15. The van der Waals surface area contributed by atoms with Crippen LogP contribution in [0.1, 0.15) is 35.8 Å². The van der Waals surface area contributed by atoms with Gasteiger partial charge in [-0.2, -0.15) is 13.2 Å². The molecule has 6 heteroatoms. The van der Waals surface area contributed by atoms with Gasteiger partial charge in [-0.25, -0.2) is 4.98 Å². The van der Waals surface area contributed by atoms with Gasteiger partial charge in [0.05, 0.1) is 24.9 Å². The molecular weight excluding hydrogens is 257 g/mol. The molecule has 0 saturated heterocycles. The minimum absolute atomic E-state index is 0.0425. The topological polar surface area (TPSA) is 34.1 Å². The Hall–Kier alpha value is -1.14. The van der Waals surface area contributed by atoms with E-state index in [2.05, 4.69) is 10.3 Å². The highest BCUT2D eigenvalue weighted by Crippen LogP contribution is 2.32. The second kappa shape index (κ2) is 4.76. The number of nitrogens with one attached hydrogen (secondary N) is 1. The van der Waals surface area contributed by atoms with E-state index >= 15 is 0 Å². The molecule has 3 nitrogen and oxygen atoms in total. The molecule has 1 aromatic heterocycles. The first-order valence-corrected chi connectivity index (χ1v) is 6.42. The van der Waals surface area contributed by atoms with Crippen molar-refractivity contribution >= 4 is 0 Å². The third kappa shape index (κ3) is 2.90. The average molecular weight is 272 g/mol. The maximum Gasteiger partial charge on any atom is 0.433 e. The summed E-state index contributed by atoms with van der Waals surface area (Å²) in [6.45, 7) is 1.54. The van der Waals surface area contributed by atoms with Crippen LogP contribution in [-0.4, -0.2) is 18.1 Å². The summed E-state index contributed by atoms with van der Waals surface area (Å²) in [7, 11) is 0. The van der Waals surface area contributed by atoms with Crippen LogP contribution >= 0.6 is 0 Å². The zero-order valence-corrected chi connectivity index (χ0v) is 10.3. The molecule has 1 aliphatic heterocycles. The van der Waals surface area contributed by atoms with Gasteiger partial charge in [-0.3, -0.25) is 0 Å². The first-order valence-electron chi connectivity index (χ1n) is 6.42. The van der Waals surface area contributed by atoms with Crippen molar-refractivity contribution in [3.8, 4) is 0 Å². The number of aromatic nitrogens is 1. The largest absolute Gasteiger partial charge is 0.433 e. The van der Waals surface area contributed by atoms with Gasteiger partial charge in [0.2, 0.25) is 0 Å². The van der Waals surface area contributed by atoms with Crippen LogP contribution in [-0.2, 0) is 17.5 Å². The number of halogens is 3. The van der Waals surface area contributed by atoms with Gasteiger partial charge in [0.25, 0.3) is 0 Å². The number of hydrogen-bond acceptors (Lipinski definition) is 3. The molecule has 2 aliphatic rings. The molecule has 1 N–H and O–H groups in total. The second-order valence-electron chi connectivity index (χ2n) is 5.15. The van der Waals surface area contributed by atoms with Gasteiger partial charge in [-0.1, -0.05) is 6.07 Å². The Morgan fingerprint density at radius 3 is 2.79 bits per heavy atom. The molecule has 104 valence electrons. The fourth-order valence-electron chi connectivity index (χ4n) is 2.27. The summed E-state index contributed by atoms with van der Waals surface area (Å²) in [4.78, 5) is 3.69. The van der Waals surface area contributed by atoms with Crippen molar-refractivity contribution in [2.45, 2.75) is 31.7 Å². The normalized spacial score (nSPS) is 23.2. The number of nitrogens with zero attached hydrogens (tertiary/aromatic N) is 1. The van der Waals surface area contributed by atoms with Crippen LogP contribution in [0.2, 0.25) is 0 Å². The van der Waals surface area contributed by atoms with Crippen LogP contribution in [0.5, 0.6) is 0 Å². The van der Waals surface area contributed by atoms with Crippen molar-refractivity contribution in [1.82, 2.24) is 10.3 Å². The molecule has 3 rings (SSSR count). The molecular formula is C13H15F3N2O. The van der Waals surface area contributed by atoms with Crippen LogP contribution in [0.15, 0.2) is 12.1 Å². The third-order valence-electron chi connectivity index (χ3n) is 3.55. The van der Waals surface area contributed by atoms with Gasteiger partial charge in [0.1, 0.15) is 5.69 Å². The van der Waals surface area contributed by atoms with E-state index in [4.69, 9.17) is 4.74 Å². The molecule has 0 spiro atoms. The van der Waals surface area contributed by atoms with Crippen LogP contribution in [0.25, 0.3) is 0 Å². The SMILES string of the molecule is FC(F)(F)c1ccc2c(n1)COCC2NCC1CC1. The lowest BCUT2D eigenvalue weighted by molar-refractivity contribution is -0.141. The molecule has 1 unspecified atom stereocenters. The minimum atomic E-state index is -4.40. The number of rotatable bonds is 3. The van der Waals surface area contributed by atoms with E-state index in [1.165, 1.54) is 18.9 Å². The monoisotopic (exact) mass is 272 g/mol. The highest BCUT2D eigenvalue weighted by atomic mass is 19.4. The summed E-state index contributed by atoms with van der Waals surface area (Å²) in [6.07, 6.45) is -1.93. The summed E-state index contributed by atoms with van der Waals surface area (Å²) in [5, 5.41) is 3.35. The van der Waals surface area contributed by atoms with Crippen LogP contribution in [0.4, 0.5) is 13.2 Å². The highest BCUT2D eigenvalue weighted by molar-refractivity contribution is 5.28. The Kier molecular flexibility index (Phi) is 3.22. The van der Waals surface area contributed by atoms with E-state index in [9.17, 15) is 13.2 Å². The molecule has 0 bridgehead atoms. The van der Waals surface area contributed by atoms with E-state index in [0.29, 0.717) is 18.2 Å². The van der Waals surface area contributed by atoms with Gasteiger partial charge in [0.15, 0.2) is 0 Å². The molecule has 1 aromatic rings. The number of hydrogen-bond donors (Lipinski definition) is 1. The lowest BCUT2D eigenvalue weighted by Gasteiger charge is -2.26. The summed E-state index contributed by atoms with van der Waals surface area (Å²) in [5.74, 6) is 0.716. The lowest BCUT2D eigenvalue weighted by atomic mass is 10.0. The molecule has 0 amide bonds. The molecule has 0 radical (unpaired) electrons. The van der Waals surface area contributed by atoms with Crippen LogP contribution < -0.4 is 5.32 Å². The van der Waals surface area contributed by atoms with E-state index in [1.807, 2.05) is 0 Å². The molecule has 1 aliphatic carbocycles. The first kappa shape index (κ1) is 12.9. The highest BCUT2D eigenvalue weighted by Gasteiger charge is 2.34. The fraction of sp³-hybridized carbons (Fsp3) is 0.615. The van der Waals surface area contributed by atoms with Gasteiger partial charge in [-0.15, -0.1) is 0 Å². The number of fused-ring (bicyclic) bond motifs is 1. The Morgan fingerprint density at radius 2 is 2.11 bits per heavy atom.